The van der Waals surface area contributed by atoms with E-state index in [1.54, 1.807) is 6.92 Å². The Balaban J connectivity index is 3.39. The SMILES string of the molecule is CCC(C)N(CC(=O)O)c1ccc([N+](=O)[O-])cc1[N+](=O)[O-]. The maximum atomic E-state index is 11.1. The average molecular weight is 297 g/mol. The van der Waals surface area contributed by atoms with Gasteiger partial charge < -0.3 is 10.0 Å². The van der Waals surface area contributed by atoms with Crippen LogP contribution in [0.15, 0.2) is 18.2 Å². The summed E-state index contributed by atoms with van der Waals surface area (Å²) in [5.74, 6) is -1.14. The summed E-state index contributed by atoms with van der Waals surface area (Å²) >= 11 is 0. The standard InChI is InChI=1S/C12H15N3O6/c1-3-8(2)13(7-12(16)17)10-5-4-9(14(18)19)6-11(10)15(20)21/h4-6,8H,3,7H2,1-2H3,(H,16,17). The fourth-order valence-electron chi connectivity index (χ4n) is 1.86. The quantitative estimate of drug-likeness (QED) is 0.603. The van der Waals surface area contributed by atoms with Gasteiger partial charge in [-0.3, -0.25) is 25.0 Å². The zero-order valence-electron chi connectivity index (χ0n) is 11.6. The van der Waals surface area contributed by atoms with Crippen molar-refractivity contribution >= 4 is 23.0 Å². The number of aliphatic carboxylic acids is 1. The maximum Gasteiger partial charge on any atom is 0.323 e. The number of hydrogen-bond acceptors (Lipinski definition) is 6. The van der Waals surface area contributed by atoms with Crippen molar-refractivity contribution in [2.45, 2.75) is 26.3 Å². The molecular formula is C12H15N3O6. The van der Waals surface area contributed by atoms with E-state index >= 15 is 0 Å². The highest BCUT2D eigenvalue weighted by atomic mass is 16.6. The monoisotopic (exact) mass is 297 g/mol. The molecule has 0 saturated heterocycles. The zero-order valence-corrected chi connectivity index (χ0v) is 11.6. The smallest absolute Gasteiger partial charge is 0.323 e. The van der Waals surface area contributed by atoms with Crippen LogP contribution in [0.25, 0.3) is 0 Å². The van der Waals surface area contributed by atoms with Crippen LogP contribution in [0.4, 0.5) is 17.1 Å². The Morgan fingerprint density at radius 2 is 1.95 bits per heavy atom. The van der Waals surface area contributed by atoms with Crippen LogP contribution in [-0.4, -0.2) is 33.5 Å². The van der Waals surface area contributed by atoms with Gasteiger partial charge in [0.1, 0.15) is 12.2 Å². The van der Waals surface area contributed by atoms with Crippen molar-refractivity contribution in [3.8, 4) is 0 Å². The molecule has 0 aliphatic carbocycles. The molecule has 1 aromatic rings. The van der Waals surface area contributed by atoms with Crippen molar-refractivity contribution in [2.75, 3.05) is 11.4 Å². The number of non-ortho nitro benzene ring substituents is 1. The number of anilines is 1. The molecule has 1 rings (SSSR count). The van der Waals surface area contributed by atoms with Gasteiger partial charge in [0, 0.05) is 12.1 Å². The van der Waals surface area contributed by atoms with E-state index in [0.29, 0.717) is 6.42 Å². The molecule has 0 aliphatic heterocycles. The zero-order chi connectivity index (χ0) is 16.2. The fraction of sp³-hybridized carbons (Fsp3) is 0.417. The molecule has 0 aromatic heterocycles. The van der Waals surface area contributed by atoms with Gasteiger partial charge in [0.25, 0.3) is 11.4 Å². The van der Waals surface area contributed by atoms with Crippen LogP contribution in [0.5, 0.6) is 0 Å². The Kier molecular flexibility index (Phi) is 5.17. The second kappa shape index (κ2) is 6.64. The minimum Gasteiger partial charge on any atom is -0.480 e. The average Bonchev–Trinajstić information content (AvgIpc) is 2.42. The lowest BCUT2D eigenvalue weighted by Crippen LogP contribution is -2.37. The summed E-state index contributed by atoms with van der Waals surface area (Å²) in [7, 11) is 0. The predicted molar refractivity (Wildman–Crippen MR) is 74.5 cm³/mol. The van der Waals surface area contributed by atoms with Crippen LogP contribution < -0.4 is 4.90 Å². The minimum absolute atomic E-state index is 0.0577. The van der Waals surface area contributed by atoms with E-state index in [2.05, 4.69) is 0 Å². The predicted octanol–water partition coefficient (Wildman–Crippen LogP) is 2.19. The number of carboxylic acids is 1. The Hall–Kier alpha value is -2.71. The van der Waals surface area contributed by atoms with Crippen LogP contribution in [0.1, 0.15) is 20.3 Å². The van der Waals surface area contributed by atoms with Gasteiger partial charge in [0.05, 0.1) is 15.9 Å². The number of nitro benzene ring substituents is 2. The molecule has 114 valence electrons. The third-order valence-electron chi connectivity index (χ3n) is 3.10. The van der Waals surface area contributed by atoms with Gasteiger partial charge in [-0.25, -0.2) is 0 Å². The normalized spacial score (nSPS) is 11.7. The van der Waals surface area contributed by atoms with Gasteiger partial charge >= 0.3 is 5.97 Å². The van der Waals surface area contributed by atoms with E-state index in [-0.39, 0.29) is 11.7 Å². The minimum atomic E-state index is -1.14. The topological polar surface area (TPSA) is 127 Å². The summed E-state index contributed by atoms with van der Waals surface area (Å²) in [5.41, 5.74) is -0.835. The van der Waals surface area contributed by atoms with Gasteiger partial charge in [0.2, 0.25) is 0 Å². The first-order valence-corrected chi connectivity index (χ1v) is 6.19. The van der Waals surface area contributed by atoms with Crippen molar-refractivity contribution in [2.24, 2.45) is 0 Å². The summed E-state index contributed by atoms with van der Waals surface area (Å²) in [5, 5.41) is 30.7. The first kappa shape index (κ1) is 16.3. The molecule has 9 nitrogen and oxygen atoms in total. The molecule has 0 radical (unpaired) electrons. The maximum absolute atomic E-state index is 11.1. The summed E-state index contributed by atoms with van der Waals surface area (Å²) in [6.45, 7) is 3.12. The number of nitrogens with zero attached hydrogens (tertiary/aromatic N) is 3. The van der Waals surface area contributed by atoms with E-state index in [4.69, 9.17) is 5.11 Å². The first-order chi connectivity index (χ1) is 9.77. The summed E-state index contributed by atoms with van der Waals surface area (Å²) in [6.07, 6.45) is 0.571. The molecule has 1 aromatic carbocycles. The summed E-state index contributed by atoms with van der Waals surface area (Å²) in [6, 6.07) is 2.92. The Morgan fingerprint density at radius 3 is 2.38 bits per heavy atom. The number of hydrogen-bond donors (Lipinski definition) is 1. The number of carbonyl (C=O) groups is 1. The molecule has 0 bridgehead atoms. The summed E-state index contributed by atoms with van der Waals surface area (Å²) in [4.78, 5) is 32.6. The number of benzene rings is 1. The van der Waals surface area contributed by atoms with E-state index in [1.807, 2.05) is 6.92 Å². The van der Waals surface area contributed by atoms with Gasteiger partial charge in [-0.15, -0.1) is 0 Å². The third kappa shape index (κ3) is 3.88. The molecule has 1 N–H and O–H groups in total. The lowest BCUT2D eigenvalue weighted by molar-refractivity contribution is -0.393. The van der Waals surface area contributed by atoms with Gasteiger partial charge in [-0.05, 0) is 19.4 Å². The van der Waals surface area contributed by atoms with Crippen LogP contribution in [0.2, 0.25) is 0 Å². The van der Waals surface area contributed by atoms with Crippen molar-refractivity contribution in [1.29, 1.82) is 0 Å². The van der Waals surface area contributed by atoms with Crippen LogP contribution in [-0.2, 0) is 4.79 Å². The second-order valence-corrected chi connectivity index (χ2v) is 4.47. The second-order valence-electron chi connectivity index (χ2n) is 4.47. The lowest BCUT2D eigenvalue weighted by atomic mass is 10.1. The number of nitro groups is 2. The largest absolute Gasteiger partial charge is 0.480 e. The number of rotatable bonds is 7. The van der Waals surface area contributed by atoms with E-state index < -0.39 is 33.7 Å². The van der Waals surface area contributed by atoms with Gasteiger partial charge in [-0.2, -0.15) is 0 Å². The lowest BCUT2D eigenvalue weighted by Gasteiger charge is -2.28. The molecule has 1 atom stereocenters. The molecule has 0 aliphatic rings. The Labute approximate surface area is 120 Å². The summed E-state index contributed by atoms with van der Waals surface area (Å²) < 4.78 is 0. The molecular weight excluding hydrogens is 282 g/mol. The molecule has 0 fully saturated rings. The third-order valence-corrected chi connectivity index (χ3v) is 3.10. The van der Waals surface area contributed by atoms with Gasteiger partial charge in [0.15, 0.2) is 0 Å². The van der Waals surface area contributed by atoms with Crippen molar-refractivity contribution in [3.05, 3.63) is 38.4 Å². The highest BCUT2D eigenvalue weighted by molar-refractivity contribution is 5.77. The van der Waals surface area contributed by atoms with Crippen molar-refractivity contribution in [1.82, 2.24) is 0 Å². The fourth-order valence-corrected chi connectivity index (χ4v) is 1.86. The molecule has 21 heavy (non-hydrogen) atoms. The molecule has 1 unspecified atom stereocenters. The first-order valence-electron chi connectivity index (χ1n) is 6.19. The Bertz CT molecular complexity index is 574. The highest BCUT2D eigenvalue weighted by Crippen LogP contribution is 2.33. The van der Waals surface area contributed by atoms with Crippen LogP contribution in [0.3, 0.4) is 0 Å². The van der Waals surface area contributed by atoms with Crippen molar-refractivity contribution < 1.29 is 19.7 Å². The van der Waals surface area contributed by atoms with Crippen LogP contribution in [0, 0.1) is 20.2 Å². The van der Waals surface area contributed by atoms with E-state index in [0.717, 1.165) is 12.1 Å². The van der Waals surface area contributed by atoms with E-state index in [1.165, 1.54) is 11.0 Å². The van der Waals surface area contributed by atoms with Crippen LogP contribution >= 0.6 is 0 Å². The number of carboxylic acid groups (broad SMARTS) is 1. The van der Waals surface area contributed by atoms with Crippen molar-refractivity contribution in [3.63, 3.8) is 0 Å². The van der Waals surface area contributed by atoms with E-state index in [9.17, 15) is 25.0 Å². The molecule has 0 amide bonds. The highest BCUT2D eigenvalue weighted by Gasteiger charge is 2.26. The molecule has 0 spiro atoms. The Morgan fingerprint density at radius 1 is 1.33 bits per heavy atom. The molecule has 0 heterocycles. The van der Waals surface area contributed by atoms with Gasteiger partial charge in [-0.1, -0.05) is 6.92 Å². The molecule has 0 saturated carbocycles. The molecule has 9 heteroatoms.